The van der Waals surface area contributed by atoms with E-state index in [1.54, 1.807) is 0 Å². The Kier molecular flexibility index (Phi) is 2.46. The molecule has 3 unspecified atom stereocenters. The number of nitrogens with one attached hydrogen (secondary N) is 2. The van der Waals surface area contributed by atoms with Crippen molar-refractivity contribution in [3.63, 3.8) is 0 Å². The van der Waals surface area contributed by atoms with Crippen LogP contribution in [0.15, 0.2) is 0 Å². The lowest BCUT2D eigenvalue weighted by Crippen LogP contribution is -2.45. The Morgan fingerprint density at radius 2 is 2.25 bits per heavy atom. The molecule has 3 rings (SSSR count). The van der Waals surface area contributed by atoms with Crippen molar-refractivity contribution >= 4 is 5.91 Å². The van der Waals surface area contributed by atoms with Crippen LogP contribution in [0.25, 0.3) is 0 Å². The van der Waals surface area contributed by atoms with Gasteiger partial charge in [0.2, 0.25) is 5.91 Å². The van der Waals surface area contributed by atoms with Crippen LogP contribution in [0.3, 0.4) is 0 Å². The second kappa shape index (κ2) is 3.73. The average Bonchev–Trinajstić information content (AvgIpc) is 2.70. The van der Waals surface area contributed by atoms with E-state index in [1.165, 1.54) is 32.1 Å². The Bertz CT molecular complexity index is 298. The van der Waals surface area contributed by atoms with E-state index in [0.29, 0.717) is 11.3 Å². The molecule has 2 saturated carbocycles. The van der Waals surface area contributed by atoms with Gasteiger partial charge in [0.1, 0.15) is 0 Å². The Hall–Kier alpha value is -0.570. The number of carbonyl (C=O) groups is 1. The smallest absolute Gasteiger partial charge is 0.237 e. The number of rotatable bonds is 3. The van der Waals surface area contributed by atoms with Gasteiger partial charge < -0.3 is 10.6 Å². The molecule has 1 aliphatic heterocycles. The third-order valence-corrected chi connectivity index (χ3v) is 4.82. The molecule has 1 saturated heterocycles. The van der Waals surface area contributed by atoms with E-state index in [1.807, 2.05) is 0 Å². The maximum absolute atomic E-state index is 12.1. The van der Waals surface area contributed by atoms with Gasteiger partial charge in [-0.05, 0) is 49.5 Å². The minimum Gasteiger partial charge on any atom is -0.354 e. The summed E-state index contributed by atoms with van der Waals surface area (Å²) in [5.74, 6) is 1.64. The van der Waals surface area contributed by atoms with Crippen molar-refractivity contribution < 1.29 is 4.79 Å². The lowest BCUT2D eigenvalue weighted by atomic mass is 9.93. The van der Waals surface area contributed by atoms with Crippen LogP contribution in [0.5, 0.6) is 0 Å². The van der Waals surface area contributed by atoms with Crippen molar-refractivity contribution in [3.8, 4) is 0 Å². The Morgan fingerprint density at radius 1 is 1.44 bits per heavy atom. The van der Waals surface area contributed by atoms with E-state index in [9.17, 15) is 4.79 Å². The van der Waals surface area contributed by atoms with E-state index >= 15 is 0 Å². The summed E-state index contributed by atoms with van der Waals surface area (Å²) in [4.78, 5) is 12.1. The second-order valence-corrected chi connectivity index (χ2v) is 6.27. The quantitative estimate of drug-likeness (QED) is 0.755. The Balaban J connectivity index is 1.54. The molecule has 0 aromatic rings. The largest absolute Gasteiger partial charge is 0.354 e. The molecular formula is C13H22N2O. The molecule has 3 aliphatic rings. The first-order valence-corrected chi connectivity index (χ1v) is 6.69. The fourth-order valence-corrected chi connectivity index (χ4v) is 3.28. The van der Waals surface area contributed by atoms with Gasteiger partial charge in [-0.3, -0.25) is 4.79 Å². The maximum atomic E-state index is 12.1. The molecule has 16 heavy (non-hydrogen) atoms. The van der Waals surface area contributed by atoms with Crippen molar-refractivity contribution in [1.29, 1.82) is 0 Å². The predicted octanol–water partition coefficient (Wildman–Crippen LogP) is 1.29. The maximum Gasteiger partial charge on any atom is 0.237 e. The van der Waals surface area contributed by atoms with Crippen LogP contribution in [0.1, 0.15) is 39.0 Å². The average molecular weight is 222 g/mol. The summed E-state index contributed by atoms with van der Waals surface area (Å²) in [5.41, 5.74) is 0.420. The summed E-state index contributed by atoms with van der Waals surface area (Å²) < 4.78 is 0. The van der Waals surface area contributed by atoms with Crippen molar-refractivity contribution in [2.75, 3.05) is 13.1 Å². The molecule has 0 radical (unpaired) electrons. The molecule has 1 amide bonds. The zero-order valence-electron chi connectivity index (χ0n) is 10.1. The molecular weight excluding hydrogens is 200 g/mol. The van der Waals surface area contributed by atoms with Crippen LogP contribution in [-0.4, -0.2) is 25.0 Å². The highest BCUT2D eigenvalue weighted by Gasteiger charge is 2.43. The lowest BCUT2D eigenvalue weighted by molar-refractivity contribution is -0.124. The van der Waals surface area contributed by atoms with Crippen LogP contribution in [0.2, 0.25) is 0 Å². The van der Waals surface area contributed by atoms with Crippen LogP contribution in [-0.2, 0) is 4.79 Å². The summed E-state index contributed by atoms with van der Waals surface area (Å²) in [7, 11) is 0. The van der Waals surface area contributed by atoms with E-state index in [4.69, 9.17) is 0 Å². The van der Waals surface area contributed by atoms with Crippen molar-refractivity contribution in [2.24, 2.45) is 17.3 Å². The summed E-state index contributed by atoms with van der Waals surface area (Å²) >= 11 is 0. The number of carbonyl (C=O) groups excluding carboxylic acids is 1. The molecule has 90 valence electrons. The summed E-state index contributed by atoms with van der Waals surface area (Å²) in [6.07, 6.45) is 6.43. The molecule has 0 aromatic heterocycles. The van der Waals surface area contributed by atoms with Gasteiger partial charge in [-0.2, -0.15) is 0 Å². The van der Waals surface area contributed by atoms with Gasteiger partial charge in [-0.15, -0.1) is 0 Å². The first kappa shape index (κ1) is 10.6. The molecule has 3 heteroatoms. The fraction of sp³-hybridized carbons (Fsp3) is 0.923. The van der Waals surface area contributed by atoms with Gasteiger partial charge in [0, 0.05) is 6.54 Å². The molecule has 2 aliphatic carbocycles. The van der Waals surface area contributed by atoms with Crippen LogP contribution in [0.4, 0.5) is 0 Å². The number of amides is 1. The molecule has 3 fully saturated rings. The first-order chi connectivity index (χ1) is 7.68. The van der Waals surface area contributed by atoms with Crippen LogP contribution in [0, 0.1) is 17.3 Å². The SMILES string of the molecule is CC1(CNC(=O)C2NCC3CCCC32)CC1. The number of fused-ring (bicyclic) bond motifs is 1. The minimum absolute atomic E-state index is 0.106. The Morgan fingerprint density at radius 3 is 3.00 bits per heavy atom. The highest BCUT2D eigenvalue weighted by atomic mass is 16.2. The molecule has 0 spiro atoms. The second-order valence-electron chi connectivity index (χ2n) is 6.27. The highest BCUT2D eigenvalue weighted by Crippen LogP contribution is 2.44. The van der Waals surface area contributed by atoms with Crippen molar-refractivity contribution in [2.45, 2.75) is 45.1 Å². The zero-order valence-corrected chi connectivity index (χ0v) is 10.1. The molecule has 2 N–H and O–H groups in total. The van der Waals surface area contributed by atoms with E-state index in [2.05, 4.69) is 17.6 Å². The van der Waals surface area contributed by atoms with Crippen LogP contribution < -0.4 is 10.6 Å². The van der Waals surface area contributed by atoms with Gasteiger partial charge >= 0.3 is 0 Å². The van der Waals surface area contributed by atoms with Gasteiger partial charge in [0.05, 0.1) is 6.04 Å². The standard InChI is InChI=1S/C13H22N2O/c1-13(5-6-13)8-15-12(16)11-10-4-2-3-9(10)7-14-11/h9-11,14H,2-8H2,1H3,(H,15,16). The summed E-state index contributed by atoms with van der Waals surface area (Å²) in [6.45, 7) is 4.19. The third-order valence-electron chi connectivity index (χ3n) is 4.82. The third kappa shape index (κ3) is 1.86. The number of hydrogen-bond acceptors (Lipinski definition) is 2. The lowest BCUT2D eigenvalue weighted by Gasteiger charge is -2.19. The molecule has 1 heterocycles. The normalized spacial score (nSPS) is 39.4. The van der Waals surface area contributed by atoms with Gasteiger partial charge in [-0.25, -0.2) is 0 Å². The summed E-state index contributed by atoms with van der Waals surface area (Å²) in [6, 6.07) is 0.106. The zero-order chi connectivity index (χ0) is 11.2. The molecule has 3 nitrogen and oxygen atoms in total. The fourth-order valence-electron chi connectivity index (χ4n) is 3.28. The highest BCUT2D eigenvalue weighted by molar-refractivity contribution is 5.82. The first-order valence-electron chi connectivity index (χ1n) is 6.69. The topological polar surface area (TPSA) is 41.1 Å². The summed E-state index contributed by atoms with van der Waals surface area (Å²) in [5, 5.41) is 6.54. The van der Waals surface area contributed by atoms with Crippen molar-refractivity contribution in [1.82, 2.24) is 10.6 Å². The van der Waals surface area contributed by atoms with E-state index < -0.39 is 0 Å². The van der Waals surface area contributed by atoms with Crippen LogP contribution >= 0.6 is 0 Å². The van der Waals surface area contributed by atoms with Gasteiger partial charge in [0.15, 0.2) is 0 Å². The molecule has 3 atom stereocenters. The predicted molar refractivity (Wildman–Crippen MR) is 63.0 cm³/mol. The van der Waals surface area contributed by atoms with E-state index in [0.717, 1.165) is 19.0 Å². The van der Waals surface area contributed by atoms with Gasteiger partial charge in [0.25, 0.3) is 0 Å². The molecule has 0 bridgehead atoms. The Labute approximate surface area is 97.4 Å². The minimum atomic E-state index is 0.106. The monoisotopic (exact) mass is 222 g/mol. The molecule has 0 aromatic carbocycles. The van der Waals surface area contributed by atoms with E-state index in [-0.39, 0.29) is 11.9 Å². The number of hydrogen-bond donors (Lipinski definition) is 2. The van der Waals surface area contributed by atoms with Gasteiger partial charge in [-0.1, -0.05) is 13.3 Å². The van der Waals surface area contributed by atoms with Crippen molar-refractivity contribution in [3.05, 3.63) is 0 Å².